The van der Waals surface area contributed by atoms with Crippen LogP contribution in [0.15, 0.2) is 18.3 Å². The molecule has 0 saturated carbocycles. The molecule has 2 aromatic heterocycles. The quantitative estimate of drug-likeness (QED) is 0.836. The summed E-state index contributed by atoms with van der Waals surface area (Å²) >= 11 is 0. The minimum atomic E-state index is 0.237. The van der Waals surface area contributed by atoms with E-state index in [4.69, 9.17) is 5.73 Å². The van der Waals surface area contributed by atoms with Crippen LogP contribution in [-0.4, -0.2) is 14.6 Å². The lowest BCUT2D eigenvalue weighted by Gasteiger charge is -2.15. The number of hydrogen-bond donors (Lipinski definition) is 1. The summed E-state index contributed by atoms with van der Waals surface area (Å²) in [6.45, 7) is 7.09. The first-order valence-corrected chi connectivity index (χ1v) is 5.52. The van der Waals surface area contributed by atoms with Gasteiger partial charge in [0.05, 0.1) is 11.4 Å². The van der Waals surface area contributed by atoms with Gasteiger partial charge in [0.15, 0.2) is 5.65 Å². The largest absolute Gasteiger partial charge is 0.325 e. The molecule has 2 rings (SSSR count). The summed E-state index contributed by atoms with van der Waals surface area (Å²) in [5, 5.41) is 4.54. The van der Waals surface area contributed by atoms with Crippen molar-refractivity contribution in [3.8, 4) is 0 Å². The Labute approximate surface area is 95.5 Å². The number of aromatic nitrogens is 3. The van der Waals surface area contributed by atoms with E-state index in [0.717, 1.165) is 23.5 Å². The van der Waals surface area contributed by atoms with E-state index in [0.29, 0.717) is 6.54 Å². The third-order valence-electron chi connectivity index (χ3n) is 2.41. The fourth-order valence-corrected chi connectivity index (χ4v) is 1.78. The van der Waals surface area contributed by atoms with E-state index >= 15 is 0 Å². The van der Waals surface area contributed by atoms with Crippen LogP contribution >= 0.6 is 0 Å². The average Bonchev–Trinajstić information content (AvgIpc) is 2.56. The van der Waals surface area contributed by atoms with Crippen LogP contribution in [0.3, 0.4) is 0 Å². The monoisotopic (exact) mass is 218 g/mol. The van der Waals surface area contributed by atoms with Gasteiger partial charge in [-0.25, -0.2) is 9.50 Å². The van der Waals surface area contributed by atoms with Gasteiger partial charge in [0.25, 0.3) is 0 Å². The second-order valence-corrected chi connectivity index (χ2v) is 5.28. The summed E-state index contributed by atoms with van der Waals surface area (Å²) in [6, 6.07) is 3.94. The highest BCUT2D eigenvalue weighted by Crippen LogP contribution is 2.20. The van der Waals surface area contributed by atoms with Crippen molar-refractivity contribution in [2.75, 3.05) is 0 Å². The Hall–Kier alpha value is -1.42. The molecule has 2 heterocycles. The number of fused-ring (bicyclic) bond motifs is 1. The lowest BCUT2D eigenvalue weighted by Crippen LogP contribution is -2.10. The molecule has 0 amide bonds. The zero-order valence-electron chi connectivity index (χ0n) is 10.1. The van der Waals surface area contributed by atoms with Crippen molar-refractivity contribution < 1.29 is 0 Å². The Morgan fingerprint density at radius 1 is 1.38 bits per heavy atom. The van der Waals surface area contributed by atoms with Crippen LogP contribution in [0.5, 0.6) is 0 Å². The predicted octanol–water partition coefficient (Wildman–Crippen LogP) is 1.78. The molecule has 4 heteroatoms. The van der Waals surface area contributed by atoms with Crippen molar-refractivity contribution in [1.82, 2.24) is 14.6 Å². The van der Waals surface area contributed by atoms with E-state index in [1.807, 2.05) is 16.6 Å². The maximum atomic E-state index is 5.66. The molecule has 0 atom stereocenters. The SMILES string of the molecule is CC(C)(C)Cc1cc2nccc(CN)n2n1. The van der Waals surface area contributed by atoms with Crippen LogP contribution < -0.4 is 5.73 Å². The molecule has 0 fully saturated rings. The highest BCUT2D eigenvalue weighted by molar-refractivity contribution is 5.40. The molecule has 86 valence electrons. The average molecular weight is 218 g/mol. The molecular weight excluding hydrogens is 200 g/mol. The predicted molar refractivity (Wildman–Crippen MR) is 64.0 cm³/mol. The summed E-state index contributed by atoms with van der Waals surface area (Å²) in [5.74, 6) is 0. The fraction of sp³-hybridized carbons (Fsp3) is 0.500. The van der Waals surface area contributed by atoms with Gasteiger partial charge in [-0.3, -0.25) is 0 Å². The Kier molecular flexibility index (Phi) is 2.68. The zero-order valence-corrected chi connectivity index (χ0v) is 10.1. The van der Waals surface area contributed by atoms with Crippen molar-refractivity contribution >= 4 is 5.65 Å². The summed E-state index contributed by atoms with van der Waals surface area (Å²) < 4.78 is 1.83. The van der Waals surface area contributed by atoms with Crippen molar-refractivity contribution in [2.24, 2.45) is 11.1 Å². The normalized spacial score (nSPS) is 12.2. The Balaban J connectivity index is 2.44. The molecule has 0 radical (unpaired) electrons. The van der Waals surface area contributed by atoms with Crippen LogP contribution in [0.4, 0.5) is 0 Å². The second kappa shape index (κ2) is 3.87. The van der Waals surface area contributed by atoms with Crippen LogP contribution in [-0.2, 0) is 13.0 Å². The Morgan fingerprint density at radius 3 is 2.75 bits per heavy atom. The minimum absolute atomic E-state index is 0.237. The van der Waals surface area contributed by atoms with Crippen LogP contribution in [0.1, 0.15) is 32.2 Å². The molecule has 0 aliphatic heterocycles. The molecule has 0 spiro atoms. The minimum Gasteiger partial charge on any atom is -0.325 e. The number of nitrogens with two attached hydrogens (primary N) is 1. The number of nitrogens with zero attached hydrogens (tertiary/aromatic N) is 3. The molecule has 4 nitrogen and oxygen atoms in total. The van der Waals surface area contributed by atoms with E-state index in [9.17, 15) is 0 Å². The lowest BCUT2D eigenvalue weighted by molar-refractivity contribution is 0.405. The smallest absolute Gasteiger partial charge is 0.155 e. The third kappa shape index (κ3) is 2.22. The summed E-state index contributed by atoms with van der Waals surface area (Å²) in [5.41, 5.74) is 8.84. The van der Waals surface area contributed by atoms with Crippen LogP contribution in [0.25, 0.3) is 5.65 Å². The standard InChI is InChI=1S/C12H18N4/c1-12(2,3)7-9-6-11-14-5-4-10(8-13)16(11)15-9/h4-6H,7-8,13H2,1-3H3. The molecule has 0 bridgehead atoms. The Morgan fingerprint density at radius 2 is 2.12 bits per heavy atom. The maximum absolute atomic E-state index is 5.66. The van der Waals surface area contributed by atoms with Gasteiger partial charge in [-0.1, -0.05) is 20.8 Å². The van der Waals surface area contributed by atoms with Gasteiger partial charge in [-0.2, -0.15) is 5.10 Å². The van der Waals surface area contributed by atoms with Gasteiger partial charge in [-0.05, 0) is 17.9 Å². The van der Waals surface area contributed by atoms with Gasteiger partial charge in [-0.15, -0.1) is 0 Å². The van der Waals surface area contributed by atoms with Crippen molar-refractivity contribution in [2.45, 2.75) is 33.7 Å². The van der Waals surface area contributed by atoms with Gasteiger partial charge >= 0.3 is 0 Å². The molecule has 0 unspecified atom stereocenters. The molecule has 16 heavy (non-hydrogen) atoms. The summed E-state index contributed by atoms with van der Waals surface area (Å²) in [4.78, 5) is 4.29. The molecule has 2 N–H and O–H groups in total. The number of rotatable bonds is 2. The van der Waals surface area contributed by atoms with E-state index in [1.165, 1.54) is 0 Å². The van der Waals surface area contributed by atoms with Gasteiger partial charge in [0.1, 0.15) is 0 Å². The van der Waals surface area contributed by atoms with E-state index < -0.39 is 0 Å². The van der Waals surface area contributed by atoms with Gasteiger partial charge in [0.2, 0.25) is 0 Å². The first-order chi connectivity index (χ1) is 7.49. The molecule has 2 aromatic rings. The van der Waals surface area contributed by atoms with E-state index in [-0.39, 0.29) is 5.41 Å². The molecular formula is C12H18N4. The second-order valence-electron chi connectivity index (χ2n) is 5.28. The fourth-order valence-electron chi connectivity index (χ4n) is 1.78. The van der Waals surface area contributed by atoms with Crippen molar-refractivity contribution in [1.29, 1.82) is 0 Å². The van der Waals surface area contributed by atoms with Crippen LogP contribution in [0.2, 0.25) is 0 Å². The van der Waals surface area contributed by atoms with Crippen molar-refractivity contribution in [3.05, 3.63) is 29.7 Å². The molecule has 0 aliphatic carbocycles. The number of hydrogen-bond acceptors (Lipinski definition) is 3. The van der Waals surface area contributed by atoms with Gasteiger partial charge in [0, 0.05) is 18.8 Å². The zero-order chi connectivity index (χ0) is 11.8. The highest BCUT2D eigenvalue weighted by Gasteiger charge is 2.14. The van der Waals surface area contributed by atoms with E-state index in [1.54, 1.807) is 6.20 Å². The molecule has 0 aliphatic rings. The Bertz CT molecular complexity index is 493. The highest BCUT2D eigenvalue weighted by atomic mass is 15.3. The van der Waals surface area contributed by atoms with Crippen molar-refractivity contribution in [3.63, 3.8) is 0 Å². The molecule has 0 aromatic carbocycles. The van der Waals surface area contributed by atoms with E-state index in [2.05, 4.69) is 30.9 Å². The lowest BCUT2D eigenvalue weighted by atomic mass is 9.91. The maximum Gasteiger partial charge on any atom is 0.155 e. The summed E-state index contributed by atoms with van der Waals surface area (Å²) in [7, 11) is 0. The first kappa shape index (κ1) is 11.1. The summed E-state index contributed by atoms with van der Waals surface area (Å²) in [6.07, 6.45) is 2.72. The topological polar surface area (TPSA) is 56.2 Å². The molecule has 0 saturated heterocycles. The van der Waals surface area contributed by atoms with Gasteiger partial charge < -0.3 is 5.73 Å². The van der Waals surface area contributed by atoms with Crippen LogP contribution in [0, 0.1) is 5.41 Å². The third-order valence-corrected chi connectivity index (χ3v) is 2.41. The first-order valence-electron chi connectivity index (χ1n) is 5.52.